The molecular formula is C24H25N5O2S. The Hall–Kier alpha value is -3.10. The third-order valence-electron chi connectivity index (χ3n) is 6.25. The number of hydrogen-bond donors (Lipinski definition) is 3. The Kier molecular flexibility index (Phi) is 5.71. The molecule has 32 heavy (non-hydrogen) atoms. The van der Waals surface area contributed by atoms with E-state index in [4.69, 9.17) is 5.73 Å². The van der Waals surface area contributed by atoms with Crippen molar-refractivity contribution in [3.05, 3.63) is 70.9 Å². The maximum absolute atomic E-state index is 13.5. The van der Waals surface area contributed by atoms with Crippen molar-refractivity contribution in [1.29, 1.82) is 0 Å². The van der Waals surface area contributed by atoms with Crippen LogP contribution in [0.1, 0.15) is 30.0 Å². The molecule has 2 unspecified atom stereocenters. The highest BCUT2D eigenvalue weighted by molar-refractivity contribution is 8.04. The number of piperidine rings is 1. The monoisotopic (exact) mass is 447 g/mol. The standard InChI is InChI=1S/C24H25N5O2S/c25-23(30)21(15-5-2-1-3-6-15)22(16-9-11-26-12-10-16)28-24(31)18-13-17-14-27-19-7-4-8-20(32-18)29(17)19/h1-8,13-14,16,21-22,26H,9-12H2,(H2,25,30)(H,28,31). The summed E-state index contributed by atoms with van der Waals surface area (Å²) in [6.45, 7) is 1.71. The SMILES string of the molecule is NC(=O)C(c1ccccc1)C(NC(=O)C1=Cc2cnc3cccc(n23)S1)C1CCNCC1. The first-order valence-electron chi connectivity index (χ1n) is 10.8. The van der Waals surface area contributed by atoms with Gasteiger partial charge >= 0.3 is 0 Å². The van der Waals surface area contributed by atoms with E-state index in [1.165, 1.54) is 11.8 Å². The molecule has 3 aromatic rings. The van der Waals surface area contributed by atoms with E-state index in [9.17, 15) is 9.59 Å². The summed E-state index contributed by atoms with van der Waals surface area (Å²) in [5, 5.41) is 7.50. The summed E-state index contributed by atoms with van der Waals surface area (Å²) >= 11 is 1.41. The molecule has 2 aliphatic rings. The van der Waals surface area contributed by atoms with Crippen LogP contribution in [0.3, 0.4) is 0 Å². The highest BCUT2D eigenvalue weighted by Gasteiger charge is 2.37. The average molecular weight is 448 g/mol. The van der Waals surface area contributed by atoms with Gasteiger partial charge in [0.15, 0.2) is 0 Å². The number of nitrogens with zero attached hydrogens (tertiary/aromatic N) is 2. The zero-order chi connectivity index (χ0) is 22.1. The second kappa shape index (κ2) is 8.80. The van der Waals surface area contributed by atoms with E-state index >= 15 is 0 Å². The van der Waals surface area contributed by atoms with E-state index in [1.807, 2.05) is 59.0 Å². The van der Waals surface area contributed by atoms with Crippen LogP contribution in [0.5, 0.6) is 0 Å². The van der Waals surface area contributed by atoms with Gasteiger partial charge in [0.2, 0.25) is 5.91 Å². The minimum atomic E-state index is -0.591. The molecule has 0 aliphatic carbocycles. The molecule has 2 atom stereocenters. The number of rotatable bonds is 6. The van der Waals surface area contributed by atoms with Gasteiger partial charge in [0, 0.05) is 6.04 Å². The number of aromatic nitrogens is 2. The predicted octanol–water partition coefficient (Wildman–Crippen LogP) is 2.53. The molecule has 0 bridgehead atoms. The van der Waals surface area contributed by atoms with Crippen LogP contribution in [-0.4, -0.2) is 40.3 Å². The topological polar surface area (TPSA) is 102 Å². The van der Waals surface area contributed by atoms with Crippen LogP contribution in [0, 0.1) is 5.92 Å². The number of primary amides is 1. The van der Waals surface area contributed by atoms with Crippen LogP contribution in [0.4, 0.5) is 0 Å². The summed E-state index contributed by atoms with van der Waals surface area (Å²) in [5.74, 6) is -1.05. The fourth-order valence-corrected chi connectivity index (χ4v) is 5.70. The van der Waals surface area contributed by atoms with Crippen LogP contribution in [0.25, 0.3) is 11.7 Å². The zero-order valence-electron chi connectivity index (χ0n) is 17.5. The largest absolute Gasteiger partial charge is 0.369 e. The first kappa shape index (κ1) is 20.8. The molecular weight excluding hydrogens is 422 g/mol. The molecule has 0 spiro atoms. The van der Waals surface area contributed by atoms with Gasteiger partial charge in [-0.25, -0.2) is 4.98 Å². The molecule has 2 aliphatic heterocycles. The molecule has 0 radical (unpaired) electrons. The smallest absolute Gasteiger partial charge is 0.258 e. The molecule has 4 heterocycles. The minimum absolute atomic E-state index is 0.154. The van der Waals surface area contributed by atoms with Gasteiger partial charge < -0.3 is 16.4 Å². The van der Waals surface area contributed by atoms with E-state index in [0.717, 1.165) is 47.9 Å². The Balaban J connectivity index is 1.46. The van der Waals surface area contributed by atoms with Crippen molar-refractivity contribution >= 4 is 35.3 Å². The van der Waals surface area contributed by atoms with Crippen LogP contribution in [0.15, 0.2) is 64.7 Å². The second-order valence-corrected chi connectivity index (χ2v) is 9.29. The van der Waals surface area contributed by atoms with Gasteiger partial charge in [-0.1, -0.05) is 48.2 Å². The third kappa shape index (κ3) is 3.91. The van der Waals surface area contributed by atoms with Gasteiger partial charge in [-0.05, 0) is 55.6 Å². The summed E-state index contributed by atoms with van der Waals surface area (Å²) in [6.07, 6.45) is 5.38. The summed E-state index contributed by atoms with van der Waals surface area (Å²) in [7, 11) is 0. The number of hydrogen-bond acceptors (Lipinski definition) is 5. The van der Waals surface area contributed by atoms with Crippen molar-refractivity contribution in [3.63, 3.8) is 0 Å². The predicted molar refractivity (Wildman–Crippen MR) is 125 cm³/mol. The number of nitrogens with two attached hydrogens (primary N) is 1. The Morgan fingerprint density at radius 2 is 1.91 bits per heavy atom. The van der Waals surface area contributed by atoms with Gasteiger partial charge in [0.1, 0.15) is 5.65 Å². The molecule has 2 amide bonds. The number of imidazole rings is 1. The molecule has 1 fully saturated rings. The minimum Gasteiger partial charge on any atom is -0.369 e. The van der Waals surface area contributed by atoms with E-state index in [0.29, 0.717) is 4.91 Å². The maximum atomic E-state index is 13.5. The van der Waals surface area contributed by atoms with E-state index < -0.39 is 11.8 Å². The number of carbonyl (C=O) groups excluding carboxylic acids is 2. The fourth-order valence-electron chi connectivity index (χ4n) is 4.71. The summed E-state index contributed by atoms with van der Waals surface area (Å²) in [5.41, 5.74) is 8.45. The van der Waals surface area contributed by atoms with Gasteiger partial charge in [-0.3, -0.25) is 14.0 Å². The molecule has 1 aromatic carbocycles. The first-order valence-corrected chi connectivity index (χ1v) is 11.7. The van der Waals surface area contributed by atoms with Crippen molar-refractivity contribution in [2.45, 2.75) is 29.8 Å². The van der Waals surface area contributed by atoms with Crippen LogP contribution >= 0.6 is 11.8 Å². The highest BCUT2D eigenvalue weighted by atomic mass is 32.2. The lowest BCUT2D eigenvalue weighted by Gasteiger charge is -2.36. The van der Waals surface area contributed by atoms with Crippen LogP contribution in [-0.2, 0) is 9.59 Å². The Bertz CT molecular complexity index is 1180. The molecule has 164 valence electrons. The zero-order valence-corrected chi connectivity index (χ0v) is 18.3. The van der Waals surface area contributed by atoms with Crippen molar-refractivity contribution in [2.75, 3.05) is 13.1 Å². The van der Waals surface area contributed by atoms with Crippen molar-refractivity contribution in [2.24, 2.45) is 11.7 Å². The van der Waals surface area contributed by atoms with Gasteiger partial charge in [0.25, 0.3) is 5.91 Å². The lowest BCUT2D eigenvalue weighted by Crippen LogP contribution is -2.51. The molecule has 2 aromatic heterocycles. The quantitative estimate of drug-likeness (QED) is 0.539. The number of amides is 2. The molecule has 8 heteroatoms. The second-order valence-electron chi connectivity index (χ2n) is 8.23. The van der Waals surface area contributed by atoms with Gasteiger partial charge in [0.05, 0.1) is 27.7 Å². The number of nitrogens with one attached hydrogen (secondary N) is 2. The van der Waals surface area contributed by atoms with Crippen LogP contribution < -0.4 is 16.4 Å². The molecule has 5 rings (SSSR count). The molecule has 0 saturated carbocycles. The number of benzene rings is 1. The Labute approximate surface area is 190 Å². The van der Waals surface area contributed by atoms with E-state index in [-0.39, 0.29) is 17.9 Å². The van der Waals surface area contributed by atoms with E-state index in [2.05, 4.69) is 15.6 Å². The van der Waals surface area contributed by atoms with Crippen molar-refractivity contribution < 1.29 is 9.59 Å². The summed E-state index contributed by atoms with van der Waals surface area (Å²) in [4.78, 5) is 31.1. The number of carbonyl (C=O) groups is 2. The molecule has 7 nitrogen and oxygen atoms in total. The third-order valence-corrected chi connectivity index (χ3v) is 7.30. The Morgan fingerprint density at radius 3 is 2.66 bits per heavy atom. The van der Waals surface area contributed by atoms with Crippen molar-refractivity contribution in [3.8, 4) is 0 Å². The lowest BCUT2D eigenvalue weighted by atomic mass is 9.79. The molecule has 4 N–H and O–H groups in total. The maximum Gasteiger partial charge on any atom is 0.258 e. The average Bonchev–Trinajstić information content (AvgIpc) is 3.24. The summed E-state index contributed by atoms with van der Waals surface area (Å²) in [6, 6.07) is 15.0. The van der Waals surface area contributed by atoms with E-state index in [1.54, 1.807) is 6.20 Å². The highest BCUT2D eigenvalue weighted by Crippen LogP contribution is 2.36. The Morgan fingerprint density at radius 1 is 1.12 bits per heavy atom. The van der Waals surface area contributed by atoms with Gasteiger partial charge in [-0.15, -0.1) is 0 Å². The lowest BCUT2D eigenvalue weighted by molar-refractivity contribution is -0.122. The van der Waals surface area contributed by atoms with Crippen LogP contribution in [0.2, 0.25) is 0 Å². The fraction of sp³-hybridized carbons (Fsp3) is 0.292. The number of thioether (sulfide) groups is 1. The first-order chi connectivity index (χ1) is 15.6. The summed E-state index contributed by atoms with van der Waals surface area (Å²) < 4.78 is 2.03. The normalized spacial score (nSPS) is 18.1. The molecule has 1 saturated heterocycles. The van der Waals surface area contributed by atoms with Gasteiger partial charge in [-0.2, -0.15) is 0 Å². The number of pyridine rings is 1. The van der Waals surface area contributed by atoms with Crippen molar-refractivity contribution in [1.82, 2.24) is 20.0 Å².